The van der Waals surface area contributed by atoms with Crippen LogP contribution in [-0.4, -0.2) is 56.2 Å². The highest BCUT2D eigenvalue weighted by atomic mass is 32.1. The van der Waals surface area contributed by atoms with Crippen LogP contribution in [0.1, 0.15) is 48.2 Å². The van der Waals surface area contributed by atoms with Crippen LogP contribution in [0.5, 0.6) is 0 Å². The molecule has 0 saturated carbocycles. The van der Waals surface area contributed by atoms with Crippen LogP contribution in [0.15, 0.2) is 30.5 Å². The second-order valence-electron chi connectivity index (χ2n) is 8.58. The molecule has 6 nitrogen and oxygen atoms in total. The van der Waals surface area contributed by atoms with Gasteiger partial charge in [-0.25, -0.2) is 4.98 Å². The molecule has 0 unspecified atom stereocenters. The fraction of sp³-hybridized carbons (Fsp3) is 0.565. The topological polar surface area (TPSA) is 57.7 Å². The molecule has 7 heteroatoms. The highest BCUT2D eigenvalue weighted by Crippen LogP contribution is 2.52. The van der Waals surface area contributed by atoms with Gasteiger partial charge in [0.05, 0.1) is 12.1 Å². The number of hydrogen-bond acceptors (Lipinski definition) is 6. The predicted molar refractivity (Wildman–Crippen MR) is 121 cm³/mol. The first-order chi connectivity index (χ1) is 14.5. The van der Waals surface area contributed by atoms with Crippen LogP contribution in [0.25, 0.3) is 0 Å². The van der Waals surface area contributed by atoms with Gasteiger partial charge < -0.3 is 15.0 Å². The van der Waals surface area contributed by atoms with Crippen LogP contribution >= 0.6 is 11.3 Å². The molecule has 2 aliphatic rings. The Morgan fingerprint density at radius 3 is 2.70 bits per heavy atom. The van der Waals surface area contributed by atoms with E-state index in [9.17, 15) is 4.79 Å². The summed E-state index contributed by atoms with van der Waals surface area (Å²) in [6.07, 6.45) is 4.51. The molecule has 1 aliphatic carbocycles. The third-order valence-electron chi connectivity index (χ3n) is 6.62. The maximum Gasteiger partial charge on any atom is 0.220 e. The number of hydrogen-bond donors (Lipinski definition) is 1. The number of likely N-dealkylation sites (tertiary alicyclic amines) is 1. The van der Waals surface area contributed by atoms with Crippen LogP contribution < -0.4 is 10.2 Å². The average molecular weight is 429 g/mol. The predicted octanol–water partition coefficient (Wildman–Crippen LogP) is 3.34. The molecule has 2 heterocycles. The van der Waals surface area contributed by atoms with Crippen molar-refractivity contribution >= 4 is 22.4 Å². The number of ether oxygens (including phenoxy) is 1. The fourth-order valence-corrected chi connectivity index (χ4v) is 5.98. The number of amides is 1. The minimum atomic E-state index is -0.0747. The standard InChI is InChI=1S/C23H32N4O2S/c1-5-19(28)25-20-17-8-6-7-9-18(17)23(21(20)29-4)10-12-27(13-11-23)15-16-14-24-22(30-16)26(2)3/h6-9,14,20-21H,5,10-13,15H2,1-4H3,(H,25,28)/t20-,21+/m1/s1. The Kier molecular flexibility index (Phi) is 6.14. The van der Waals surface area contributed by atoms with Gasteiger partial charge in [-0.05, 0) is 37.1 Å². The number of nitrogens with zero attached hydrogens (tertiary/aromatic N) is 3. The molecule has 1 aromatic heterocycles. The van der Waals surface area contributed by atoms with Gasteiger partial charge in [-0.2, -0.15) is 0 Å². The monoisotopic (exact) mass is 428 g/mol. The summed E-state index contributed by atoms with van der Waals surface area (Å²) in [6, 6.07) is 8.50. The van der Waals surface area contributed by atoms with Gasteiger partial charge in [0.1, 0.15) is 0 Å². The maximum atomic E-state index is 12.2. The quantitative estimate of drug-likeness (QED) is 0.765. The smallest absolute Gasteiger partial charge is 0.220 e. The Morgan fingerprint density at radius 1 is 1.33 bits per heavy atom. The lowest BCUT2D eigenvalue weighted by Crippen LogP contribution is -2.50. The lowest BCUT2D eigenvalue weighted by molar-refractivity contribution is -0.123. The summed E-state index contributed by atoms with van der Waals surface area (Å²) in [6.45, 7) is 4.86. The minimum Gasteiger partial charge on any atom is -0.378 e. The summed E-state index contributed by atoms with van der Waals surface area (Å²) in [7, 11) is 5.85. The summed E-state index contributed by atoms with van der Waals surface area (Å²) in [5.74, 6) is 0.0771. The number of aromatic nitrogens is 1. The van der Waals surface area contributed by atoms with Crippen LogP contribution in [0.2, 0.25) is 0 Å². The van der Waals surface area contributed by atoms with E-state index in [1.165, 1.54) is 16.0 Å². The Labute approximate surface area is 183 Å². The van der Waals surface area contributed by atoms with E-state index in [0.717, 1.165) is 37.6 Å². The van der Waals surface area contributed by atoms with E-state index in [1.54, 1.807) is 18.4 Å². The lowest BCUT2D eigenvalue weighted by Gasteiger charge is -2.44. The molecule has 4 rings (SSSR count). The number of nitrogens with one attached hydrogen (secondary N) is 1. The summed E-state index contributed by atoms with van der Waals surface area (Å²) < 4.78 is 6.08. The molecule has 0 bridgehead atoms. The molecular weight excluding hydrogens is 396 g/mol. The molecule has 30 heavy (non-hydrogen) atoms. The number of carbonyl (C=O) groups is 1. The highest BCUT2D eigenvalue weighted by Gasteiger charge is 2.53. The van der Waals surface area contributed by atoms with E-state index in [2.05, 4.69) is 44.4 Å². The minimum absolute atomic E-state index is 0.0312. The molecular formula is C23H32N4O2S. The van der Waals surface area contributed by atoms with Crippen LogP contribution in [0.4, 0.5) is 5.13 Å². The first-order valence-electron chi connectivity index (χ1n) is 10.7. The molecule has 2 aromatic rings. The number of fused-ring (bicyclic) bond motifs is 2. The van der Waals surface area contributed by atoms with Crippen molar-refractivity contribution in [2.75, 3.05) is 39.2 Å². The maximum absolute atomic E-state index is 12.2. The van der Waals surface area contributed by atoms with Gasteiger partial charge in [-0.15, -0.1) is 11.3 Å². The number of carbonyl (C=O) groups excluding carboxylic acids is 1. The second kappa shape index (κ2) is 8.65. The second-order valence-corrected chi connectivity index (χ2v) is 9.67. The molecule has 1 spiro atoms. The van der Waals surface area contributed by atoms with Crippen molar-refractivity contribution in [2.24, 2.45) is 0 Å². The molecule has 2 atom stereocenters. The number of benzene rings is 1. The van der Waals surface area contributed by atoms with Gasteiger partial charge >= 0.3 is 0 Å². The van der Waals surface area contributed by atoms with Gasteiger partial charge in [-0.1, -0.05) is 31.2 Å². The Bertz CT molecular complexity index is 889. The van der Waals surface area contributed by atoms with Crippen LogP contribution in [0.3, 0.4) is 0 Å². The number of anilines is 1. The molecule has 1 amide bonds. The molecule has 1 saturated heterocycles. The van der Waals surface area contributed by atoms with Crippen LogP contribution in [-0.2, 0) is 21.5 Å². The van der Waals surface area contributed by atoms with Crippen molar-refractivity contribution < 1.29 is 9.53 Å². The van der Waals surface area contributed by atoms with Gasteiger partial charge in [-0.3, -0.25) is 9.69 Å². The van der Waals surface area contributed by atoms with Crippen molar-refractivity contribution in [3.8, 4) is 0 Å². The van der Waals surface area contributed by atoms with Crippen molar-refractivity contribution in [3.63, 3.8) is 0 Å². The van der Waals surface area contributed by atoms with Crippen molar-refractivity contribution in [3.05, 3.63) is 46.5 Å². The summed E-state index contributed by atoms with van der Waals surface area (Å²) in [5.41, 5.74) is 2.53. The third kappa shape index (κ3) is 3.74. The van der Waals surface area contributed by atoms with Gasteiger partial charge in [0.15, 0.2) is 5.13 Å². The summed E-state index contributed by atoms with van der Waals surface area (Å²) >= 11 is 1.76. The normalized spacial score (nSPS) is 22.8. The fourth-order valence-electron chi connectivity index (χ4n) is 5.11. The lowest BCUT2D eigenvalue weighted by atomic mass is 9.72. The van der Waals surface area contributed by atoms with E-state index >= 15 is 0 Å². The highest BCUT2D eigenvalue weighted by molar-refractivity contribution is 7.15. The first kappa shape index (κ1) is 21.3. The van der Waals surface area contributed by atoms with Crippen molar-refractivity contribution in [1.82, 2.24) is 15.2 Å². The Morgan fingerprint density at radius 2 is 2.07 bits per heavy atom. The van der Waals surface area contributed by atoms with Crippen LogP contribution in [0, 0.1) is 0 Å². The number of thiazole rings is 1. The molecule has 1 N–H and O–H groups in total. The number of piperidine rings is 1. The number of methoxy groups -OCH3 is 1. The zero-order valence-corrected chi connectivity index (χ0v) is 19.2. The van der Waals surface area contributed by atoms with E-state index in [0.29, 0.717) is 6.42 Å². The largest absolute Gasteiger partial charge is 0.378 e. The third-order valence-corrected chi connectivity index (χ3v) is 7.77. The zero-order chi connectivity index (χ0) is 21.3. The molecule has 1 fully saturated rings. The van der Waals surface area contributed by atoms with Gasteiger partial charge in [0.25, 0.3) is 0 Å². The van der Waals surface area contributed by atoms with E-state index in [-0.39, 0.29) is 23.5 Å². The van der Waals surface area contributed by atoms with Crippen molar-refractivity contribution in [1.29, 1.82) is 0 Å². The van der Waals surface area contributed by atoms with Gasteiger partial charge in [0.2, 0.25) is 5.91 Å². The van der Waals surface area contributed by atoms with Gasteiger partial charge in [0, 0.05) is 50.7 Å². The molecule has 0 radical (unpaired) electrons. The molecule has 1 aromatic carbocycles. The zero-order valence-electron chi connectivity index (χ0n) is 18.4. The van der Waals surface area contributed by atoms with E-state index in [1.807, 2.05) is 27.2 Å². The SMILES string of the molecule is CCC(=O)N[C@@H]1c2ccccc2C2(CCN(Cc3cnc(N(C)C)s3)CC2)[C@H]1OC. The summed E-state index contributed by atoms with van der Waals surface area (Å²) in [5, 5.41) is 4.29. The molecule has 162 valence electrons. The first-order valence-corrected chi connectivity index (χ1v) is 11.6. The van der Waals surface area contributed by atoms with E-state index in [4.69, 9.17) is 4.74 Å². The molecule has 1 aliphatic heterocycles. The Hall–Kier alpha value is -1.96. The Balaban J connectivity index is 1.53. The summed E-state index contributed by atoms with van der Waals surface area (Å²) in [4.78, 5) is 22.6. The van der Waals surface area contributed by atoms with Crippen molar-refractivity contribution in [2.45, 2.75) is 50.3 Å². The average Bonchev–Trinajstić information content (AvgIpc) is 3.32. The van der Waals surface area contributed by atoms with E-state index < -0.39 is 0 Å². The number of rotatable bonds is 6.